The molecule has 0 heterocycles. The number of methoxy groups -OCH3 is 1. The number of ether oxygens (including phenoxy) is 1. The van der Waals surface area contributed by atoms with Crippen molar-refractivity contribution in [2.75, 3.05) is 7.11 Å². The summed E-state index contributed by atoms with van der Waals surface area (Å²) in [6.45, 7) is 4.70. The Labute approximate surface area is 117 Å². The molecule has 19 heavy (non-hydrogen) atoms. The monoisotopic (exact) mass is 261 g/mol. The SMILES string of the molecule is COc1ccc(CCC2(N)CCC(C)C(C)C2)cc1. The van der Waals surface area contributed by atoms with E-state index in [1.54, 1.807) is 7.11 Å². The van der Waals surface area contributed by atoms with Gasteiger partial charge in [-0.2, -0.15) is 0 Å². The van der Waals surface area contributed by atoms with Gasteiger partial charge in [0.2, 0.25) is 0 Å². The highest BCUT2D eigenvalue weighted by Crippen LogP contribution is 2.37. The summed E-state index contributed by atoms with van der Waals surface area (Å²) < 4.78 is 5.18. The van der Waals surface area contributed by atoms with Gasteiger partial charge in [-0.25, -0.2) is 0 Å². The van der Waals surface area contributed by atoms with Gasteiger partial charge in [0.25, 0.3) is 0 Å². The van der Waals surface area contributed by atoms with E-state index >= 15 is 0 Å². The van der Waals surface area contributed by atoms with Crippen LogP contribution >= 0.6 is 0 Å². The molecule has 3 atom stereocenters. The topological polar surface area (TPSA) is 35.2 Å². The van der Waals surface area contributed by atoms with Crippen LogP contribution in [0.4, 0.5) is 0 Å². The molecular formula is C17H27NO. The van der Waals surface area contributed by atoms with Gasteiger partial charge < -0.3 is 10.5 Å². The molecule has 1 aromatic rings. The van der Waals surface area contributed by atoms with Gasteiger partial charge in [0.1, 0.15) is 5.75 Å². The number of aryl methyl sites for hydroxylation is 1. The molecule has 3 unspecified atom stereocenters. The van der Waals surface area contributed by atoms with Crippen LogP contribution in [0.2, 0.25) is 0 Å². The highest BCUT2D eigenvalue weighted by molar-refractivity contribution is 5.27. The lowest BCUT2D eigenvalue weighted by atomic mass is 9.70. The van der Waals surface area contributed by atoms with Gasteiger partial charge in [-0.3, -0.25) is 0 Å². The van der Waals surface area contributed by atoms with Crippen molar-refractivity contribution in [1.29, 1.82) is 0 Å². The fourth-order valence-corrected chi connectivity index (χ4v) is 3.16. The Balaban J connectivity index is 1.90. The fraction of sp³-hybridized carbons (Fsp3) is 0.647. The number of nitrogens with two attached hydrogens (primary N) is 1. The zero-order chi connectivity index (χ0) is 13.9. The van der Waals surface area contributed by atoms with Gasteiger partial charge in [-0.05, 0) is 61.6 Å². The molecule has 2 heteroatoms. The second kappa shape index (κ2) is 5.96. The van der Waals surface area contributed by atoms with Crippen LogP contribution in [0.25, 0.3) is 0 Å². The summed E-state index contributed by atoms with van der Waals surface area (Å²) in [5.74, 6) is 2.51. The highest BCUT2D eigenvalue weighted by atomic mass is 16.5. The second-order valence-corrected chi connectivity index (χ2v) is 6.41. The van der Waals surface area contributed by atoms with Crippen LogP contribution in [0.15, 0.2) is 24.3 Å². The molecule has 0 amide bonds. The summed E-state index contributed by atoms with van der Waals surface area (Å²) in [6, 6.07) is 8.36. The van der Waals surface area contributed by atoms with Crippen molar-refractivity contribution in [1.82, 2.24) is 0 Å². The molecule has 0 radical (unpaired) electrons. The molecule has 1 fully saturated rings. The summed E-state index contributed by atoms with van der Waals surface area (Å²) in [7, 11) is 1.70. The number of hydrogen-bond acceptors (Lipinski definition) is 2. The Kier molecular flexibility index (Phi) is 4.51. The molecule has 2 N–H and O–H groups in total. The Hall–Kier alpha value is -1.02. The van der Waals surface area contributed by atoms with Crippen molar-refractivity contribution < 1.29 is 4.74 Å². The zero-order valence-corrected chi connectivity index (χ0v) is 12.5. The van der Waals surface area contributed by atoms with Crippen LogP contribution in [0.5, 0.6) is 5.75 Å². The first-order valence-electron chi connectivity index (χ1n) is 7.44. The average molecular weight is 261 g/mol. The molecule has 0 aliphatic heterocycles. The van der Waals surface area contributed by atoms with Crippen LogP contribution in [0.1, 0.15) is 45.1 Å². The number of benzene rings is 1. The maximum atomic E-state index is 6.59. The van der Waals surface area contributed by atoms with Gasteiger partial charge in [0.15, 0.2) is 0 Å². The van der Waals surface area contributed by atoms with Crippen LogP contribution in [0, 0.1) is 11.8 Å². The third-order valence-corrected chi connectivity index (χ3v) is 4.87. The third-order valence-electron chi connectivity index (χ3n) is 4.87. The highest BCUT2D eigenvalue weighted by Gasteiger charge is 2.33. The molecule has 0 bridgehead atoms. The summed E-state index contributed by atoms with van der Waals surface area (Å²) in [5.41, 5.74) is 8.00. The first-order valence-corrected chi connectivity index (χ1v) is 7.44. The van der Waals surface area contributed by atoms with Gasteiger partial charge in [-0.15, -0.1) is 0 Å². The summed E-state index contributed by atoms with van der Waals surface area (Å²) in [4.78, 5) is 0. The molecule has 2 nitrogen and oxygen atoms in total. The Bertz CT molecular complexity index is 400. The van der Waals surface area contributed by atoms with Gasteiger partial charge in [0.05, 0.1) is 7.11 Å². The third kappa shape index (κ3) is 3.73. The van der Waals surface area contributed by atoms with Crippen LogP contribution < -0.4 is 10.5 Å². The van der Waals surface area contributed by atoms with E-state index in [-0.39, 0.29) is 5.54 Å². The zero-order valence-electron chi connectivity index (χ0n) is 12.5. The minimum atomic E-state index is 0.0475. The average Bonchev–Trinajstić information content (AvgIpc) is 2.42. The van der Waals surface area contributed by atoms with Gasteiger partial charge in [0, 0.05) is 5.54 Å². The molecule has 2 rings (SSSR count). The van der Waals surface area contributed by atoms with E-state index in [4.69, 9.17) is 10.5 Å². The first-order chi connectivity index (χ1) is 9.02. The van der Waals surface area contributed by atoms with E-state index < -0.39 is 0 Å². The summed E-state index contributed by atoms with van der Waals surface area (Å²) in [6.07, 6.45) is 5.79. The van der Waals surface area contributed by atoms with E-state index in [0.717, 1.165) is 30.4 Å². The lowest BCUT2D eigenvalue weighted by molar-refractivity contribution is 0.168. The summed E-state index contributed by atoms with van der Waals surface area (Å²) in [5, 5.41) is 0. The minimum absolute atomic E-state index is 0.0475. The van der Waals surface area contributed by atoms with Gasteiger partial charge >= 0.3 is 0 Å². The standard InChI is InChI=1S/C17H27NO/c1-13-8-10-17(18,12-14(13)2)11-9-15-4-6-16(19-3)7-5-15/h4-7,13-14H,8-12,18H2,1-3H3. The van der Waals surface area contributed by atoms with Crippen molar-refractivity contribution in [3.05, 3.63) is 29.8 Å². The second-order valence-electron chi connectivity index (χ2n) is 6.41. The number of hydrogen-bond donors (Lipinski definition) is 1. The normalized spacial score (nSPS) is 31.2. The van der Waals surface area contributed by atoms with Crippen molar-refractivity contribution in [3.8, 4) is 5.75 Å². The van der Waals surface area contributed by atoms with Crippen molar-refractivity contribution in [3.63, 3.8) is 0 Å². The molecule has 1 aliphatic carbocycles. The molecule has 1 saturated carbocycles. The smallest absolute Gasteiger partial charge is 0.118 e. The Morgan fingerprint density at radius 2 is 1.89 bits per heavy atom. The predicted molar refractivity (Wildman–Crippen MR) is 80.4 cm³/mol. The van der Waals surface area contributed by atoms with Crippen LogP contribution in [0.3, 0.4) is 0 Å². The van der Waals surface area contributed by atoms with E-state index in [2.05, 4.69) is 26.0 Å². The van der Waals surface area contributed by atoms with E-state index in [1.165, 1.54) is 24.8 Å². The largest absolute Gasteiger partial charge is 0.497 e. The first kappa shape index (κ1) is 14.4. The Morgan fingerprint density at radius 3 is 2.47 bits per heavy atom. The molecule has 0 saturated heterocycles. The van der Waals surface area contributed by atoms with Crippen LogP contribution in [-0.2, 0) is 6.42 Å². The lowest BCUT2D eigenvalue weighted by Gasteiger charge is -2.40. The van der Waals surface area contributed by atoms with Crippen LogP contribution in [-0.4, -0.2) is 12.6 Å². The molecule has 0 spiro atoms. The lowest BCUT2D eigenvalue weighted by Crippen LogP contribution is -2.46. The predicted octanol–water partition coefficient (Wildman–Crippen LogP) is 3.78. The van der Waals surface area contributed by atoms with Crippen molar-refractivity contribution in [2.24, 2.45) is 17.6 Å². The van der Waals surface area contributed by atoms with E-state index in [0.29, 0.717) is 0 Å². The minimum Gasteiger partial charge on any atom is -0.497 e. The Morgan fingerprint density at radius 1 is 1.21 bits per heavy atom. The van der Waals surface area contributed by atoms with Crippen molar-refractivity contribution in [2.45, 2.75) is 51.5 Å². The molecule has 1 aromatic carbocycles. The number of rotatable bonds is 4. The van der Waals surface area contributed by atoms with Crippen molar-refractivity contribution >= 4 is 0 Å². The quantitative estimate of drug-likeness (QED) is 0.895. The van der Waals surface area contributed by atoms with Gasteiger partial charge in [-0.1, -0.05) is 26.0 Å². The maximum Gasteiger partial charge on any atom is 0.118 e. The van der Waals surface area contributed by atoms with E-state index in [1.807, 2.05) is 12.1 Å². The molecule has 106 valence electrons. The molecule has 0 aromatic heterocycles. The summed E-state index contributed by atoms with van der Waals surface area (Å²) >= 11 is 0. The maximum absolute atomic E-state index is 6.59. The van der Waals surface area contributed by atoms with E-state index in [9.17, 15) is 0 Å². The molecular weight excluding hydrogens is 234 g/mol. The fourth-order valence-electron chi connectivity index (χ4n) is 3.16. The molecule has 1 aliphatic rings.